The summed E-state index contributed by atoms with van der Waals surface area (Å²) in [6.07, 6.45) is 5.38. The van der Waals surface area contributed by atoms with E-state index in [1.807, 2.05) is 0 Å². The topological polar surface area (TPSA) is 37.3 Å². The van der Waals surface area contributed by atoms with E-state index in [2.05, 4.69) is 13.8 Å². The number of hydrogen-bond acceptors (Lipinski definition) is 1. The van der Waals surface area contributed by atoms with Crippen LogP contribution >= 0.6 is 0 Å². The number of rotatable bonds is 1. The van der Waals surface area contributed by atoms with Gasteiger partial charge in [-0.15, -0.1) is 0 Å². The smallest absolute Gasteiger partial charge is 0.307 e. The van der Waals surface area contributed by atoms with Crippen LogP contribution in [-0.2, 0) is 4.79 Å². The molecule has 0 aromatic heterocycles. The summed E-state index contributed by atoms with van der Waals surface area (Å²) >= 11 is 0. The molecule has 2 rings (SSSR count). The lowest BCUT2D eigenvalue weighted by atomic mass is 9.65. The molecule has 0 radical (unpaired) electrons. The molecule has 0 bridgehead atoms. The number of carboxylic acids is 1. The van der Waals surface area contributed by atoms with Crippen molar-refractivity contribution in [2.45, 2.75) is 46.0 Å². The lowest BCUT2D eigenvalue weighted by molar-refractivity contribution is -0.147. The van der Waals surface area contributed by atoms with Crippen LogP contribution in [0.2, 0.25) is 0 Å². The van der Waals surface area contributed by atoms with Crippen molar-refractivity contribution in [3.63, 3.8) is 0 Å². The van der Waals surface area contributed by atoms with Gasteiger partial charge in [0.2, 0.25) is 0 Å². The van der Waals surface area contributed by atoms with E-state index in [1.54, 1.807) is 0 Å². The van der Waals surface area contributed by atoms with Gasteiger partial charge in [0, 0.05) is 0 Å². The Hall–Kier alpha value is -0.530. The van der Waals surface area contributed by atoms with Gasteiger partial charge in [0.15, 0.2) is 0 Å². The number of hydrogen-bond donors (Lipinski definition) is 1. The van der Waals surface area contributed by atoms with Gasteiger partial charge >= 0.3 is 5.97 Å². The lowest BCUT2D eigenvalue weighted by Gasteiger charge is -2.39. The molecule has 1 unspecified atom stereocenters. The molecule has 0 heterocycles. The predicted molar refractivity (Wildman–Crippen MR) is 50.4 cm³/mol. The maximum Gasteiger partial charge on any atom is 0.307 e. The third kappa shape index (κ3) is 1.47. The van der Waals surface area contributed by atoms with Crippen molar-refractivity contribution in [2.75, 3.05) is 0 Å². The molecule has 1 atom stereocenters. The minimum atomic E-state index is -0.562. The standard InChI is InChI=1S/C11H18O2/c1-10(2)4-3-8(9(12)13)11(7-10)5-6-11/h8H,3-7H2,1-2H3,(H,12,13). The Morgan fingerprint density at radius 3 is 2.38 bits per heavy atom. The van der Waals surface area contributed by atoms with Crippen LogP contribution in [0.5, 0.6) is 0 Å². The van der Waals surface area contributed by atoms with E-state index in [-0.39, 0.29) is 11.3 Å². The quantitative estimate of drug-likeness (QED) is 0.677. The van der Waals surface area contributed by atoms with Crippen molar-refractivity contribution in [3.05, 3.63) is 0 Å². The van der Waals surface area contributed by atoms with Gasteiger partial charge < -0.3 is 5.11 Å². The van der Waals surface area contributed by atoms with Gasteiger partial charge in [0.25, 0.3) is 0 Å². The average molecular weight is 182 g/mol. The monoisotopic (exact) mass is 182 g/mol. The van der Waals surface area contributed by atoms with Crippen LogP contribution in [0, 0.1) is 16.7 Å². The molecule has 1 spiro atoms. The van der Waals surface area contributed by atoms with Crippen LogP contribution in [0.1, 0.15) is 46.0 Å². The Kier molecular flexibility index (Phi) is 1.73. The molecule has 2 heteroatoms. The zero-order valence-electron chi connectivity index (χ0n) is 8.47. The highest BCUT2D eigenvalue weighted by atomic mass is 16.4. The largest absolute Gasteiger partial charge is 0.481 e. The fourth-order valence-electron chi connectivity index (χ4n) is 3.08. The molecule has 2 fully saturated rings. The Balaban J connectivity index is 2.14. The summed E-state index contributed by atoms with van der Waals surface area (Å²) < 4.78 is 0. The van der Waals surface area contributed by atoms with Crippen molar-refractivity contribution >= 4 is 5.97 Å². The van der Waals surface area contributed by atoms with E-state index in [0.717, 1.165) is 32.1 Å². The molecular weight excluding hydrogens is 164 g/mol. The molecule has 0 saturated heterocycles. The lowest BCUT2D eigenvalue weighted by Crippen LogP contribution is -2.35. The SMILES string of the molecule is CC1(C)CCC(C(=O)O)C2(CC2)C1. The van der Waals surface area contributed by atoms with Crippen molar-refractivity contribution in [2.24, 2.45) is 16.7 Å². The van der Waals surface area contributed by atoms with Crippen LogP contribution in [0.4, 0.5) is 0 Å². The highest BCUT2D eigenvalue weighted by Crippen LogP contribution is 2.63. The highest BCUT2D eigenvalue weighted by molar-refractivity contribution is 5.72. The zero-order chi connectivity index (χ0) is 9.69. The Bertz CT molecular complexity index is 238. The second-order valence-corrected chi connectivity index (χ2v) is 5.63. The molecule has 2 saturated carbocycles. The first-order valence-electron chi connectivity index (χ1n) is 5.18. The van der Waals surface area contributed by atoms with Gasteiger partial charge in [-0.25, -0.2) is 0 Å². The fraction of sp³-hybridized carbons (Fsp3) is 0.909. The maximum absolute atomic E-state index is 11.0. The summed E-state index contributed by atoms with van der Waals surface area (Å²) in [5.74, 6) is -0.603. The van der Waals surface area contributed by atoms with Crippen LogP contribution in [0.3, 0.4) is 0 Å². The van der Waals surface area contributed by atoms with Gasteiger partial charge in [-0.05, 0) is 42.9 Å². The zero-order valence-corrected chi connectivity index (χ0v) is 8.47. The van der Waals surface area contributed by atoms with E-state index in [9.17, 15) is 4.79 Å². The summed E-state index contributed by atoms with van der Waals surface area (Å²) in [4.78, 5) is 11.0. The third-order valence-corrected chi connectivity index (χ3v) is 3.87. The van der Waals surface area contributed by atoms with Gasteiger partial charge in [0.1, 0.15) is 0 Å². The summed E-state index contributed by atoms with van der Waals surface area (Å²) in [5.41, 5.74) is 0.579. The molecular formula is C11H18O2. The molecule has 2 nitrogen and oxygen atoms in total. The first-order chi connectivity index (χ1) is 5.95. The predicted octanol–water partition coefficient (Wildman–Crippen LogP) is 2.68. The normalized spacial score (nSPS) is 34.5. The number of carbonyl (C=O) groups is 1. The van der Waals surface area contributed by atoms with Crippen molar-refractivity contribution < 1.29 is 9.90 Å². The van der Waals surface area contributed by atoms with Crippen molar-refractivity contribution in [1.82, 2.24) is 0 Å². The minimum Gasteiger partial charge on any atom is -0.481 e. The van der Waals surface area contributed by atoms with E-state index >= 15 is 0 Å². The fourth-order valence-corrected chi connectivity index (χ4v) is 3.08. The van der Waals surface area contributed by atoms with Gasteiger partial charge in [-0.2, -0.15) is 0 Å². The minimum absolute atomic E-state index is 0.0412. The van der Waals surface area contributed by atoms with Gasteiger partial charge in [-0.1, -0.05) is 13.8 Å². The molecule has 74 valence electrons. The summed E-state index contributed by atoms with van der Waals surface area (Å²) in [5, 5.41) is 9.08. The molecule has 0 aromatic rings. The first kappa shape index (κ1) is 9.04. The summed E-state index contributed by atoms with van der Waals surface area (Å²) in [6.45, 7) is 4.54. The van der Waals surface area contributed by atoms with Crippen molar-refractivity contribution in [1.29, 1.82) is 0 Å². The number of carboxylic acid groups (broad SMARTS) is 1. The Labute approximate surface area is 79.3 Å². The summed E-state index contributed by atoms with van der Waals surface area (Å²) in [6, 6.07) is 0. The molecule has 0 amide bonds. The van der Waals surface area contributed by atoms with Crippen molar-refractivity contribution in [3.8, 4) is 0 Å². The molecule has 1 N–H and O–H groups in total. The Morgan fingerprint density at radius 1 is 1.31 bits per heavy atom. The summed E-state index contributed by atoms with van der Waals surface area (Å²) in [7, 11) is 0. The molecule has 0 aliphatic heterocycles. The second kappa shape index (κ2) is 2.49. The van der Waals surface area contributed by atoms with E-state index in [0.29, 0.717) is 5.41 Å². The highest BCUT2D eigenvalue weighted by Gasteiger charge is 2.56. The van der Waals surface area contributed by atoms with Crippen LogP contribution < -0.4 is 0 Å². The van der Waals surface area contributed by atoms with Crippen LogP contribution in [-0.4, -0.2) is 11.1 Å². The molecule has 13 heavy (non-hydrogen) atoms. The van der Waals surface area contributed by atoms with Gasteiger partial charge in [-0.3, -0.25) is 4.79 Å². The molecule has 0 aromatic carbocycles. The maximum atomic E-state index is 11.0. The van der Waals surface area contributed by atoms with E-state index in [1.165, 1.54) is 0 Å². The third-order valence-electron chi connectivity index (χ3n) is 3.87. The van der Waals surface area contributed by atoms with Gasteiger partial charge in [0.05, 0.1) is 5.92 Å². The van der Waals surface area contributed by atoms with Crippen LogP contribution in [0.25, 0.3) is 0 Å². The molecule has 2 aliphatic rings. The first-order valence-corrected chi connectivity index (χ1v) is 5.18. The Morgan fingerprint density at radius 2 is 1.92 bits per heavy atom. The van der Waals surface area contributed by atoms with E-state index in [4.69, 9.17) is 5.11 Å². The number of aliphatic carboxylic acids is 1. The van der Waals surface area contributed by atoms with Crippen LogP contribution in [0.15, 0.2) is 0 Å². The second-order valence-electron chi connectivity index (χ2n) is 5.63. The molecule has 2 aliphatic carbocycles. The average Bonchev–Trinajstić information content (AvgIpc) is 2.66. The van der Waals surface area contributed by atoms with E-state index < -0.39 is 5.97 Å².